The van der Waals surface area contributed by atoms with Crippen LogP contribution in [0, 0.1) is 5.92 Å². The molecule has 156 valence electrons. The van der Waals surface area contributed by atoms with Crippen LogP contribution in [0.4, 0.5) is 9.59 Å². The van der Waals surface area contributed by atoms with Gasteiger partial charge in [0.2, 0.25) is 0 Å². The number of carbonyl (C=O) groups is 3. The summed E-state index contributed by atoms with van der Waals surface area (Å²) in [6, 6.07) is 0. The molecule has 2 amide bonds. The van der Waals surface area contributed by atoms with Crippen molar-refractivity contribution in [2.75, 3.05) is 7.11 Å². The van der Waals surface area contributed by atoms with Crippen molar-refractivity contribution in [3.63, 3.8) is 0 Å². The van der Waals surface area contributed by atoms with Gasteiger partial charge in [0, 0.05) is 13.5 Å². The Morgan fingerprint density at radius 2 is 1.15 bits per heavy atom. The summed E-state index contributed by atoms with van der Waals surface area (Å²) < 4.78 is 21.5. The third-order valence-electron chi connectivity index (χ3n) is 3.46. The van der Waals surface area contributed by atoms with Gasteiger partial charge in [0.05, 0.1) is 0 Å². The molecule has 0 bridgehead atoms. The van der Waals surface area contributed by atoms with Crippen molar-refractivity contribution in [2.24, 2.45) is 5.92 Å². The number of methoxy groups -OCH3 is 1. The van der Waals surface area contributed by atoms with E-state index in [4.69, 9.17) is 18.9 Å². The van der Waals surface area contributed by atoms with Crippen LogP contribution in [0.3, 0.4) is 0 Å². The maximum absolute atomic E-state index is 12.8. The Bertz CT molecular complexity index is 567. The van der Waals surface area contributed by atoms with Gasteiger partial charge < -0.3 is 18.9 Å². The summed E-state index contributed by atoms with van der Waals surface area (Å²) >= 11 is 0. The van der Waals surface area contributed by atoms with E-state index in [1.54, 1.807) is 62.3 Å². The van der Waals surface area contributed by atoms with Crippen molar-refractivity contribution in [1.29, 1.82) is 0 Å². The van der Waals surface area contributed by atoms with Gasteiger partial charge in [0.15, 0.2) is 5.72 Å². The molecule has 0 N–H and O–H groups in total. The molecule has 1 rings (SSSR count). The van der Waals surface area contributed by atoms with Crippen LogP contribution in [-0.4, -0.2) is 52.7 Å². The Balaban J connectivity index is 3.19. The van der Waals surface area contributed by atoms with Gasteiger partial charge in [-0.1, -0.05) is 0 Å². The highest BCUT2D eigenvalue weighted by atomic mass is 16.6. The molecule has 0 aromatic rings. The first-order valence-electron chi connectivity index (χ1n) is 8.96. The van der Waals surface area contributed by atoms with E-state index in [1.807, 2.05) is 0 Å². The number of esters is 1. The molecule has 1 aliphatic carbocycles. The number of rotatable bonds is 3. The van der Waals surface area contributed by atoms with E-state index in [0.29, 0.717) is 0 Å². The number of carbonyl (C=O) groups excluding carboxylic acids is 3. The predicted molar refractivity (Wildman–Crippen MR) is 98.0 cm³/mol. The number of hydrogen-bond donors (Lipinski definition) is 0. The van der Waals surface area contributed by atoms with Gasteiger partial charge >= 0.3 is 18.2 Å². The zero-order valence-corrected chi connectivity index (χ0v) is 18.1. The molecule has 1 aliphatic rings. The summed E-state index contributed by atoms with van der Waals surface area (Å²) in [5.41, 5.74) is -3.89. The van der Waals surface area contributed by atoms with Gasteiger partial charge in [-0.2, -0.15) is 4.90 Å². The highest BCUT2D eigenvalue weighted by Gasteiger charge is 2.69. The summed E-state index contributed by atoms with van der Waals surface area (Å²) in [6.07, 6.45) is -1.77. The monoisotopic (exact) mass is 387 g/mol. The Hall–Kier alpha value is -1.83. The van der Waals surface area contributed by atoms with Gasteiger partial charge in [0.1, 0.15) is 22.7 Å². The number of imide groups is 1. The first-order valence-corrected chi connectivity index (χ1v) is 8.96. The molecule has 0 spiro atoms. The first kappa shape index (κ1) is 23.2. The van der Waals surface area contributed by atoms with Crippen molar-refractivity contribution in [2.45, 2.75) is 91.3 Å². The molecule has 0 aromatic heterocycles. The molecule has 8 heteroatoms. The maximum atomic E-state index is 12.8. The lowest BCUT2D eigenvalue weighted by atomic mass is 10.2. The predicted octanol–water partition coefficient (Wildman–Crippen LogP) is 3.86. The lowest BCUT2D eigenvalue weighted by Gasteiger charge is -2.33. The van der Waals surface area contributed by atoms with Crippen molar-refractivity contribution < 1.29 is 33.3 Å². The molecule has 0 aromatic carbocycles. The van der Waals surface area contributed by atoms with E-state index in [1.165, 1.54) is 7.11 Å². The summed E-state index contributed by atoms with van der Waals surface area (Å²) in [6.45, 7) is 15.3. The molecule has 0 unspecified atom stereocenters. The van der Waals surface area contributed by atoms with E-state index in [2.05, 4.69) is 0 Å². The lowest BCUT2D eigenvalue weighted by Crippen LogP contribution is -2.53. The molecule has 0 aliphatic heterocycles. The standard InChI is InChI=1S/C19H33NO7/c1-16(2,3)25-13(21)12-11-19(12,24-10)20(14(22)26-17(4,5)6)15(23)27-18(7,8)9/h12H,11H2,1-10H3/t12-,19+/m1/s1. The minimum atomic E-state index is -1.49. The van der Waals surface area contributed by atoms with Crippen LogP contribution >= 0.6 is 0 Å². The van der Waals surface area contributed by atoms with Crippen LogP contribution in [-0.2, 0) is 23.7 Å². The highest BCUT2D eigenvalue weighted by Crippen LogP contribution is 2.51. The van der Waals surface area contributed by atoms with Gasteiger partial charge in [-0.05, 0) is 62.3 Å². The summed E-state index contributed by atoms with van der Waals surface area (Å²) in [7, 11) is 1.33. The normalized spacial score (nSPS) is 22.7. The summed E-state index contributed by atoms with van der Waals surface area (Å²) in [5, 5.41) is 0. The number of amides is 2. The van der Waals surface area contributed by atoms with E-state index in [0.717, 1.165) is 4.90 Å². The third-order valence-corrected chi connectivity index (χ3v) is 3.46. The minimum absolute atomic E-state index is 0.108. The van der Waals surface area contributed by atoms with Crippen molar-refractivity contribution in [3.8, 4) is 0 Å². The zero-order valence-electron chi connectivity index (χ0n) is 18.1. The molecule has 27 heavy (non-hydrogen) atoms. The SMILES string of the molecule is CO[C@@]1(N(C(=O)OC(C)(C)C)C(=O)OC(C)(C)C)C[C@@H]1C(=O)OC(C)(C)C. The van der Waals surface area contributed by atoms with Crippen LogP contribution in [0.25, 0.3) is 0 Å². The quantitative estimate of drug-likeness (QED) is 0.412. The summed E-state index contributed by atoms with van der Waals surface area (Å²) in [4.78, 5) is 38.7. The van der Waals surface area contributed by atoms with Crippen molar-refractivity contribution in [3.05, 3.63) is 0 Å². The molecular weight excluding hydrogens is 354 g/mol. The average molecular weight is 387 g/mol. The van der Waals surface area contributed by atoms with Crippen LogP contribution in [0.2, 0.25) is 0 Å². The second-order valence-electron chi connectivity index (χ2n) is 9.64. The van der Waals surface area contributed by atoms with E-state index in [-0.39, 0.29) is 6.42 Å². The van der Waals surface area contributed by atoms with Gasteiger partial charge in [0.25, 0.3) is 0 Å². The topological polar surface area (TPSA) is 91.4 Å². The second-order valence-corrected chi connectivity index (χ2v) is 9.64. The maximum Gasteiger partial charge on any atom is 0.422 e. The molecule has 1 saturated carbocycles. The molecule has 0 heterocycles. The second kappa shape index (κ2) is 7.30. The van der Waals surface area contributed by atoms with Gasteiger partial charge in [-0.3, -0.25) is 4.79 Å². The van der Waals surface area contributed by atoms with Gasteiger partial charge in [-0.15, -0.1) is 0 Å². The summed E-state index contributed by atoms with van der Waals surface area (Å²) in [5.74, 6) is -1.37. The fourth-order valence-corrected chi connectivity index (χ4v) is 2.44. The molecular formula is C19H33NO7. The third kappa shape index (κ3) is 6.37. The highest BCUT2D eigenvalue weighted by molar-refractivity contribution is 5.92. The molecule has 0 radical (unpaired) electrons. The van der Waals surface area contributed by atoms with Crippen LogP contribution < -0.4 is 0 Å². The van der Waals surface area contributed by atoms with Crippen molar-refractivity contribution >= 4 is 18.2 Å². The largest absolute Gasteiger partial charge is 0.460 e. The first-order chi connectivity index (χ1) is 11.9. The van der Waals surface area contributed by atoms with Crippen LogP contribution in [0.1, 0.15) is 68.7 Å². The van der Waals surface area contributed by atoms with E-state index >= 15 is 0 Å². The minimum Gasteiger partial charge on any atom is -0.460 e. The number of nitrogens with zero attached hydrogens (tertiary/aromatic N) is 1. The number of hydrogen-bond acceptors (Lipinski definition) is 7. The van der Waals surface area contributed by atoms with E-state index < -0.39 is 46.6 Å². The smallest absolute Gasteiger partial charge is 0.422 e. The van der Waals surface area contributed by atoms with Crippen LogP contribution in [0.5, 0.6) is 0 Å². The van der Waals surface area contributed by atoms with Crippen LogP contribution in [0.15, 0.2) is 0 Å². The van der Waals surface area contributed by atoms with Gasteiger partial charge in [-0.25, -0.2) is 9.59 Å². The average Bonchev–Trinajstić information content (AvgIpc) is 3.08. The molecule has 1 fully saturated rings. The number of ether oxygens (including phenoxy) is 4. The Morgan fingerprint density at radius 1 is 0.778 bits per heavy atom. The fraction of sp³-hybridized carbons (Fsp3) is 0.842. The molecule has 0 saturated heterocycles. The lowest BCUT2D eigenvalue weighted by molar-refractivity contribution is -0.161. The molecule has 2 atom stereocenters. The molecule has 8 nitrogen and oxygen atoms in total. The Labute approximate surface area is 161 Å². The Kier molecular flexibility index (Phi) is 6.27. The zero-order chi connectivity index (χ0) is 21.4. The van der Waals surface area contributed by atoms with E-state index in [9.17, 15) is 14.4 Å². The van der Waals surface area contributed by atoms with Crippen molar-refractivity contribution in [1.82, 2.24) is 4.90 Å². The fourth-order valence-electron chi connectivity index (χ4n) is 2.44. The Morgan fingerprint density at radius 3 is 1.44 bits per heavy atom.